The molecule has 0 aromatic heterocycles. The zero-order chi connectivity index (χ0) is 33.8. The minimum Gasteiger partial charge on any atom is -0.504 e. The molecule has 0 bridgehead atoms. The summed E-state index contributed by atoms with van der Waals surface area (Å²) in [4.78, 5) is 79.4. The predicted molar refractivity (Wildman–Crippen MR) is 168 cm³/mol. The number of imide groups is 2. The van der Waals surface area contributed by atoms with E-state index in [4.69, 9.17) is 14.9 Å². The van der Waals surface area contributed by atoms with Crippen molar-refractivity contribution in [3.8, 4) is 11.5 Å². The molecule has 2 aliphatic carbocycles. The number of aliphatic carboxylic acids is 2. The van der Waals surface area contributed by atoms with Crippen molar-refractivity contribution in [1.29, 1.82) is 0 Å². The van der Waals surface area contributed by atoms with Crippen LogP contribution in [0.4, 0.5) is 0 Å². The third-order valence-corrected chi connectivity index (χ3v) is 10.1. The lowest BCUT2D eigenvalue weighted by Crippen LogP contribution is -2.43. The van der Waals surface area contributed by atoms with Crippen molar-refractivity contribution < 1.29 is 48.8 Å². The molecular weight excluding hydrogens is 608 g/mol. The Morgan fingerprint density at radius 1 is 0.809 bits per heavy atom. The highest BCUT2D eigenvalue weighted by Gasteiger charge is 2.61. The molecule has 12 heteroatoms. The number of phenols is 1. The Balaban J connectivity index is 1.40. The van der Waals surface area contributed by atoms with E-state index in [-0.39, 0.29) is 67.5 Å². The summed E-state index contributed by atoms with van der Waals surface area (Å²) >= 11 is 0. The maximum absolute atomic E-state index is 13.9. The van der Waals surface area contributed by atoms with Crippen LogP contribution in [0.15, 0.2) is 35.9 Å². The summed E-state index contributed by atoms with van der Waals surface area (Å²) < 4.78 is 5.24. The van der Waals surface area contributed by atoms with E-state index < -0.39 is 47.4 Å². The van der Waals surface area contributed by atoms with Gasteiger partial charge in [0, 0.05) is 31.8 Å². The zero-order valence-electron chi connectivity index (χ0n) is 26.5. The second kappa shape index (κ2) is 14.5. The van der Waals surface area contributed by atoms with Crippen LogP contribution in [0.1, 0.15) is 69.8 Å². The standard InChI is InChI=1S/C35H42N2O10/c1-47-27-18-20(11-15-26(27)38)10-12-22-21-13-14-23-31(35(46)36(32(23)43)16-6-2-4-8-28(39)40)24(21)19-25-30(22)34(45)37(33(25)44)17-7-3-5-9-29(41)42/h10-13,15,18,22-25,30-31,38H,2-9,14,16-17,19H2,1H3,(H,39,40)(H,41,42). The van der Waals surface area contributed by atoms with Crippen LogP contribution in [-0.2, 0) is 28.8 Å². The zero-order valence-corrected chi connectivity index (χ0v) is 26.5. The molecule has 12 nitrogen and oxygen atoms in total. The maximum atomic E-state index is 13.9. The van der Waals surface area contributed by atoms with Gasteiger partial charge in [0.15, 0.2) is 11.5 Å². The quantitative estimate of drug-likeness (QED) is 0.143. The fourth-order valence-electron chi connectivity index (χ4n) is 7.88. The van der Waals surface area contributed by atoms with Gasteiger partial charge >= 0.3 is 11.9 Å². The lowest BCUT2D eigenvalue weighted by molar-refractivity contribution is -0.142. The third kappa shape index (κ3) is 6.96. The summed E-state index contributed by atoms with van der Waals surface area (Å²) in [5.41, 5.74) is 1.59. The van der Waals surface area contributed by atoms with Crippen molar-refractivity contribution in [2.75, 3.05) is 20.2 Å². The Kier molecular flexibility index (Phi) is 10.5. The number of unbranched alkanes of at least 4 members (excludes halogenated alkanes) is 4. The number of benzene rings is 1. The Morgan fingerprint density at radius 2 is 1.40 bits per heavy atom. The number of aromatic hydroxyl groups is 1. The van der Waals surface area contributed by atoms with Gasteiger partial charge in [-0.1, -0.05) is 42.7 Å². The Bertz CT molecular complexity index is 1500. The average Bonchev–Trinajstić information content (AvgIpc) is 3.42. The van der Waals surface area contributed by atoms with E-state index in [2.05, 4.69) is 0 Å². The highest BCUT2D eigenvalue weighted by molar-refractivity contribution is 6.07. The van der Waals surface area contributed by atoms with Crippen molar-refractivity contribution in [2.45, 2.75) is 64.2 Å². The number of nitrogens with zero attached hydrogens (tertiary/aromatic N) is 2. The SMILES string of the molecule is COc1cc(C=CC2C3=CCC4C(=O)N(CCCCCC(=O)O)C(=O)C4C3CC3C(=O)N(CCCCCC(=O)O)C(=O)C23)ccc1O. The van der Waals surface area contributed by atoms with Gasteiger partial charge in [-0.25, -0.2) is 0 Å². The number of rotatable bonds is 15. The monoisotopic (exact) mass is 650 g/mol. The second-order valence-corrected chi connectivity index (χ2v) is 12.9. The van der Waals surface area contributed by atoms with Crippen molar-refractivity contribution in [1.82, 2.24) is 9.80 Å². The highest BCUT2D eigenvalue weighted by atomic mass is 16.5. The third-order valence-electron chi connectivity index (χ3n) is 10.1. The number of carbonyl (C=O) groups is 6. The van der Waals surface area contributed by atoms with Gasteiger partial charge in [0.05, 0.1) is 30.8 Å². The number of amides is 4. The molecule has 1 aromatic rings. The van der Waals surface area contributed by atoms with E-state index >= 15 is 0 Å². The fourth-order valence-corrected chi connectivity index (χ4v) is 7.88. The molecule has 47 heavy (non-hydrogen) atoms. The summed E-state index contributed by atoms with van der Waals surface area (Å²) in [6.45, 7) is 0.413. The summed E-state index contributed by atoms with van der Waals surface area (Å²) in [7, 11) is 1.44. The lowest BCUT2D eigenvalue weighted by atomic mass is 9.58. The summed E-state index contributed by atoms with van der Waals surface area (Å²) in [5, 5.41) is 27.9. The molecule has 6 unspecified atom stereocenters. The van der Waals surface area contributed by atoms with Crippen molar-refractivity contribution in [3.63, 3.8) is 0 Å². The smallest absolute Gasteiger partial charge is 0.303 e. The van der Waals surface area contributed by atoms with Crippen LogP contribution in [0.2, 0.25) is 0 Å². The molecule has 3 fully saturated rings. The number of likely N-dealkylation sites (tertiary alicyclic amines) is 2. The number of carboxylic acid groups (broad SMARTS) is 2. The van der Waals surface area contributed by atoms with Gasteiger partial charge in [-0.15, -0.1) is 0 Å². The molecule has 6 atom stereocenters. The molecule has 2 saturated heterocycles. The minimum absolute atomic E-state index is 0.0186. The van der Waals surface area contributed by atoms with E-state index in [9.17, 15) is 33.9 Å². The first-order chi connectivity index (χ1) is 22.5. The fraction of sp³-hybridized carbons (Fsp3) is 0.543. The molecule has 3 N–H and O–H groups in total. The van der Waals surface area contributed by atoms with Gasteiger partial charge in [0.25, 0.3) is 0 Å². The Morgan fingerprint density at radius 3 is 2.00 bits per heavy atom. The topological polar surface area (TPSA) is 179 Å². The van der Waals surface area contributed by atoms with Gasteiger partial charge in [-0.05, 0) is 62.1 Å². The average molecular weight is 651 g/mol. The van der Waals surface area contributed by atoms with Crippen LogP contribution in [0, 0.1) is 35.5 Å². The van der Waals surface area contributed by atoms with Gasteiger partial charge in [-0.2, -0.15) is 0 Å². The molecule has 5 rings (SSSR count). The molecule has 4 aliphatic rings. The van der Waals surface area contributed by atoms with Crippen molar-refractivity contribution in [2.24, 2.45) is 35.5 Å². The summed E-state index contributed by atoms with van der Waals surface area (Å²) in [6, 6.07) is 4.87. The van der Waals surface area contributed by atoms with Crippen LogP contribution in [-0.4, -0.2) is 80.9 Å². The van der Waals surface area contributed by atoms with E-state index in [0.717, 1.165) is 5.57 Å². The van der Waals surface area contributed by atoms with E-state index in [0.29, 0.717) is 50.5 Å². The number of fused-ring (bicyclic) bond motifs is 4. The first-order valence-corrected chi connectivity index (χ1v) is 16.4. The molecule has 2 aliphatic heterocycles. The van der Waals surface area contributed by atoms with Crippen LogP contribution < -0.4 is 4.74 Å². The van der Waals surface area contributed by atoms with Crippen molar-refractivity contribution in [3.05, 3.63) is 41.5 Å². The Hall–Kier alpha value is -4.48. The van der Waals surface area contributed by atoms with E-state index in [1.54, 1.807) is 12.1 Å². The molecule has 0 radical (unpaired) electrons. The number of ether oxygens (including phenoxy) is 1. The molecule has 4 amide bonds. The molecule has 2 heterocycles. The number of carbonyl (C=O) groups excluding carboxylic acids is 4. The van der Waals surface area contributed by atoms with Crippen LogP contribution in [0.3, 0.4) is 0 Å². The van der Waals surface area contributed by atoms with Crippen LogP contribution in [0.25, 0.3) is 6.08 Å². The van der Waals surface area contributed by atoms with Gasteiger partial charge in [-0.3, -0.25) is 38.6 Å². The summed E-state index contributed by atoms with van der Waals surface area (Å²) in [5.74, 6) is -6.03. The number of carboxylic acids is 2. The number of allylic oxidation sites excluding steroid dienone is 3. The largest absolute Gasteiger partial charge is 0.504 e. The lowest BCUT2D eigenvalue weighted by Gasteiger charge is -2.42. The maximum Gasteiger partial charge on any atom is 0.303 e. The van der Waals surface area contributed by atoms with Crippen LogP contribution >= 0.6 is 0 Å². The normalized spacial score (nSPS) is 26.8. The van der Waals surface area contributed by atoms with E-state index in [1.807, 2.05) is 18.2 Å². The number of phenolic OH excluding ortho intramolecular Hbond substituents is 1. The van der Waals surface area contributed by atoms with Gasteiger partial charge in [0.1, 0.15) is 0 Å². The summed E-state index contributed by atoms with van der Waals surface area (Å²) in [6.07, 6.45) is 9.39. The van der Waals surface area contributed by atoms with Crippen molar-refractivity contribution >= 4 is 41.6 Å². The first kappa shape index (κ1) is 33.9. The molecular formula is C35H42N2O10. The first-order valence-electron chi connectivity index (χ1n) is 16.4. The predicted octanol–water partition coefficient (Wildman–Crippen LogP) is 3.87. The second-order valence-electron chi connectivity index (χ2n) is 12.9. The number of methoxy groups -OCH3 is 1. The van der Waals surface area contributed by atoms with Gasteiger partial charge in [0.2, 0.25) is 23.6 Å². The number of hydrogen-bond acceptors (Lipinski definition) is 8. The molecule has 1 saturated carbocycles. The molecule has 0 spiro atoms. The van der Waals surface area contributed by atoms with Gasteiger partial charge < -0.3 is 20.1 Å². The minimum atomic E-state index is -0.893. The van der Waals surface area contributed by atoms with Crippen LogP contribution in [0.5, 0.6) is 11.5 Å². The Labute approximate surface area is 273 Å². The number of hydrogen-bond donors (Lipinski definition) is 3. The highest BCUT2D eigenvalue weighted by Crippen LogP contribution is 2.55. The molecule has 1 aromatic carbocycles. The molecule has 252 valence electrons. The van der Waals surface area contributed by atoms with E-state index in [1.165, 1.54) is 23.0 Å².